The number of unbranched alkanes of at least 4 members (excludes halogenated alkanes) is 11. The first-order valence-electron chi connectivity index (χ1n) is 8.62. The van der Waals surface area contributed by atoms with Crippen LogP contribution in [0.5, 0.6) is 0 Å². The van der Waals surface area contributed by atoms with Crippen LogP contribution in [0.2, 0.25) is 0 Å². The van der Waals surface area contributed by atoms with Crippen LogP contribution in [-0.4, -0.2) is 11.8 Å². The van der Waals surface area contributed by atoms with Gasteiger partial charge >= 0.3 is 7.80 Å². The zero-order valence-electron chi connectivity index (χ0n) is 13.6. The second kappa shape index (κ2) is 14.5. The van der Waals surface area contributed by atoms with Gasteiger partial charge in [-0.05, 0) is 26.7 Å². The monoisotopic (exact) mass is 287 g/mol. The molecule has 114 valence electrons. The van der Waals surface area contributed by atoms with Gasteiger partial charge in [-0.1, -0.05) is 75.7 Å². The summed E-state index contributed by atoms with van der Waals surface area (Å²) in [4.78, 5) is 0. The fraction of sp³-hybridized carbons (Fsp3) is 1.00. The van der Waals surface area contributed by atoms with Gasteiger partial charge < -0.3 is 0 Å². The molecule has 0 bridgehead atoms. The predicted molar refractivity (Wildman–Crippen MR) is 88.7 cm³/mol. The summed E-state index contributed by atoms with van der Waals surface area (Å²) in [5, 5.41) is 0. The van der Waals surface area contributed by atoms with Gasteiger partial charge in [0.15, 0.2) is 0 Å². The average Bonchev–Trinajstić information content (AvgIpc) is 2.39. The third-order valence-corrected chi connectivity index (χ3v) is 5.72. The normalized spacial score (nSPS) is 12.1. The molecule has 0 saturated carbocycles. The zero-order valence-corrected chi connectivity index (χ0v) is 14.5. The first kappa shape index (κ1) is 19.1. The molecule has 0 amide bonds. The highest BCUT2D eigenvalue weighted by Crippen LogP contribution is 2.28. The first-order valence-corrected chi connectivity index (χ1v) is 10.1. The van der Waals surface area contributed by atoms with Crippen molar-refractivity contribution in [1.82, 2.24) is 0 Å². The lowest BCUT2D eigenvalue weighted by Gasteiger charge is -2.01. The summed E-state index contributed by atoms with van der Waals surface area (Å²) in [5.74, 6) is 0. The van der Waals surface area contributed by atoms with E-state index in [9.17, 15) is 4.57 Å². The molecule has 1 atom stereocenters. The fourth-order valence-electron chi connectivity index (χ4n) is 2.37. The van der Waals surface area contributed by atoms with Crippen LogP contribution < -0.4 is 0 Å². The number of hydrogen-bond acceptors (Lipinski definition) is 1. The minimum Gasteiger partial charge on any atom is -0.0745 e. The molecule has 0 fully saturated rings. The Bertz CT molecular complexity index is 201. The van der Waals surface area contributed by atoms with Crippen LogP contribution in [0, 0.1) is 0 Å². The Morgan fingerprint density at radius 2 is 1.05 bits per heavy atom. The van der Waals surface area contributed by atoms with Crippen molar-refractivity contribution in [3.05, 3.63) is 0 Å². The lowest BCUT2D eigenvalue weighted by molar-refractivity contribution is 0.546. The van der Waals surface area contributed by atoms with Crippen molar-refractivity contribution in [3.8, 4) is 0 Å². The summed E-state index contributed by atoms with van der Waals surface area (Å²) < 4.78 is 11.6. The SMILES string of the molecule is CCCCCCCCCCCCCC[P+](=O)C(C)C. The van der Waals surface area contributed by atoms with Gasteiger partial charge in [0.1, 0.15) is 11.8 Å². The van der Waals surface area contributed by atoms with Gasteiger partial charge in [0, 0.05) is 0 Å². The number of hydrogen-bond donors (Lipinski definition) is 0. The second-order valence-electron chi connectivity index (χ2n) is 6.12. The third-order valence-electron chi connectivity index (χ3n) is 3.81. The maximum atomic E-state index is 11.6. The van der Waals surface area contributed by atoms with Crippen molar-refractivity contribution in [2.24, 2.45) is 0 Å². The van der Waals surface area contributed by atoms with Crippen molar-refractivity contribution in [1.29, 1.82) is 0 Å². The van der Waals surface area contributed by atoms with Crippen molar-refractivity contribution in [3.63, 3.8) is 0 Å². The molecule has 0 N–H and O–H groups in total. The third kappa shape index (κ3) is 14.3. The predicted octanol–water partition coefficient (Wildman–Crippen LogP) is 6.92. The highest BCUT2D eigenvalue weighted by Gasteiger charge is 2.18. The lowest BCUT2D eigenvalue weighted by Crippen LogP contribution is -1.90. The van der Waals surface area contributed by atoms with Gasteiger partial charge in [0.2, 0.25) is 0 Å². The largest absolute Gasteiger partial charge is 0.341 e. The summed E-state index contributed by atoms with van der Waals surface area (Å²) in [6.45, 7) is 6.41. The molecule has 0 radical (unpaired) electrons. The van der Waals surface area contributed by atoms with Crippen LogP contribution >= 0.6 is 7.80 Å². The van der Waals surface area contributed by atoms with E-state index >= 15 is 0 Å². The molecular formula is C17H36OP+. The van der Waals surface area contributed by atoms with Gasteiger partial charge in [-0.2, -0.15) is 0 Å². The average molecular weight is 287 g/mol. The van der Waals surface area contributed by atoms with E-state index in [0.29, 0.717) is 5.66 Å². The van der Waals surface area contributed by atoms with Crippen molar-refractivity contribution >= 4 is 7.80 Å². The summed E-state index contributed by atoms with van der Waals surface area (Å²) in [6, 6.07) is 0. The van der Waals surface area contributed by atoms with E-state index in [1.165, 1.54) is 77.0 Å². The Morgan fingerprint density at radius 3 is 1.42 bits per heavy atom. The highest BCUT2D eigenvalue weighted by atomic mass is 31.1. The molecule has 2 heteroatoms. The van der Waals surface area contributed by atoms with E-state index in [1.807, 2.05) is 0 Å². The Balaban J connectivity index is 3.05. The van der Waals surface area contributed by atoms with E-state index in [0.717, 1.165) is 6.16 Å². The zero-order chi connectivity index (χ0) is 14.3. The summed E-state index contributed by atoms with van der Waals surface area (Å²) in [5.41, 5.74) is 0.378. The summed E-state index contributed by atoms with van der Waals surface area (Å²) >= 11 is 0. The van der Waals surface area contributed by atoms with Crippen LogP contribution in [0.3, 0.4) is 0 Å². The molecule has 0 heterocycles. The second-order valence-corrected chi connectivity index (χ2v) is 8.44. The van der Waals surface area contributed by atoms with Crippen LogP contribution in [0.25, 0.3) is 0 Å². The van der Waals surface area contributed by atoms with Crippen LogP contribution in [0.4, 0.5) is 0 Å². The Labute approximate surface area is 122 Å². The van der Waals surface area contributed by atoms with Gasteiger partial charge in [-0.3, -0.25) is 0 Å². The van der Waals surface area contributed by atoms with E-state index < -0.39 is 7.80 Å². The topological polar surface area (TPSA) is 17.1 Å². The highest BCUT2D eigenvalue weighted by molar-refractivity contribution is 7.45. The molecule has 0 aromatic carbocycles. The van der Waals surface area contributed by atoms with Gasteiger partial charge in [-0.15, -0.1) is 0 Å². The minimum atomic E-state index is -0.927. The summed E-state index contributed by atoms with van der Waals surface area (Å²) in [6.07, 6.45) is 17.5. The minimum absolute atomic E-state index is 0.378. The van der Waals surface area contributed by atoms with E-state index in [-0.39, 0.29) is 0 Å². The molecular weight excluding hydrogens is 251 g/mol. The van der Waals surface area contributed by atoms with Gasteiger partial charge in [0.05, 0.1) is 0 Å². The van der Waals surface area contributed by atoms with Crippen molar-refractivity contribution in [2.45, 2.75) is 103 Å². The molecule has 0 spiro atoms. The Kier molecular flexibility index (Phi) is 14.6. The molecule has 0 rings (SSSR count). The maximum absolute atomic E-state index is 11.6. The standard InChI is InChI=1S/C17H36OP/c1-4-5-6-7-8-9-10-11-12-13-14-15-16-19(18)17(2)3/h17H,4-16H2,1-3H3/q+1. The molecule has 0 saturated heterocycles. The van der Waals surface area contributed by atoms with Crippen LogP contribution in [0.15, 0.2) is 0 Å². The smallest absolute Gasteiger partial charge is 0.0745 e. The lowest BCUT2D eigenvalue weighted by atomic mass is 10.1. The van der Waals surface area contributed by atoms with Crippen LogP contribution in [-0.2, 0) is 4.57 Å². The van der Waals surface area contributed by atoms with Crippen LogP contribution in [0.1, 0.15) is 97.8 Å². The molecule has 0 aliphatic rings. The maximum Gasteiger partial charge on any atom is 0.341 e. The quantitative estimate of drug-likeness (QED) is 0.250. The molecule has 0 aromatic heterocycles. The Hall–Kier alpha value is 0.100. The Morgan fingerprint density at radius 1 is 0.684 bits per heavy atom. The van der Waals surface area contributed by atoms with E-state index in [4.69, 9.17) is 0 Å². The molecule has 0 aliphatic carbocycles. The molecule has 19 heavy (non-hydrogen) atoms. The molecule has 0 aliphatic heterocycles. The van der Waals surface area contributed by atoms with Crippen molar-refractivity contribution in [2.75, 3.05) is 6.16 Å². The van der Waals surface area contributed by atoms with Gasteiger partial charge in [-0.25, -0.2) is 0 Å². The summed E-state index contributed by atoms with van der Waals surface area (Å²) in [7, 11) is -0.927. The van der Waals surface area contributed by atoms with E-state index in [1.54, 1.807) is 0 Å². The molecule has 0 aromatic rings. The van der Waals surface area contributed by atoms with Crippen molar-refractivity contribution < 1.29 is 4.57 Å². The molecule has 1 nitrogen and oxygen atoms in total. The van der Waals surface area contributed by atoms with E-state index in [2.05, 4.69) is 20.8 Å². The molecule has 1 unspecified atom stereocenters. The van der Waals surface area contributed by atoms with Gasteiger partial charge in [0.25, 0.3) is 0 Å². The first-order chi connectivity index (χ1) is 9.18. The number of rotatable bonds is 14. The fourth-order valence-corrected chi connectivity index (χ4v) is 3.42.